The minimum atomic E-state index is -1.06. The van der Waals surface area contributed by atoms with E-state index in [0.717, 1.165) is 23.1 Å². The number of aromatic hydroxyl groups is 1. The molecule has 0 unspecified atom stereocenters. The number of hydrogen-bond acceptors (Lipinski definition) is 11. The smallest absolute Gasteiger partial charge is 0.243 e. The third-order valence-corrected chi connectivity index (χ3v) is 8.84. The number of rotatable bonds is 17. The van der Waals surface area contributed by atoms with Gasteiger partial charge in [0, 0.05) is 44.9 Å². The Morgan fingerprint density at radius 3 is 2.35 bits per heavy atom. The first kappa shape index (κ1) is 41.8. The number of nitrogens with one attached hydrogen (secondary N) is 5. The lowest BCUT2D eigenvalue weighted by Gasteiger charge is -2.24. The van der Waals surface area contributed by atoms with Crippen LogP contribution in [0.2, 0.25) is 0 Å². The standard InChI is InChI=1S/C36H56N10O6/c37-13-2-7-26(39)21-44-33(49)27(40)8-4-15-42-32(48)12-16-43-35(51)30-18-22-5-1-6-23(17-22)24-10-11-31(47)25(19-24)20-28(41)34(50)45-29(9-3-14-38)36(52)46-30/h1,5-6,10-11,17,19,26-30,47H,2-4,7-9,12-16,18,20-21,37-41H2,(H,42,48)(H,43,51)(H,44,49)(H,45,50)(H,46,52)/t26-,27-,28-,29-,30-/m0/s1. The highest BCUT2D eigenvalue weighted by molar-refractivity contribution is 5.93. The maximum Gasteiger partial charge on any atom is 0.243 e. The van der Waals surface area contributed by atoms with Gasteiger partial charge in [0.1, 0.15) is 17.8 Å². The molecule has 1 aliphatic rings. The lowest BCUT2D eigenvalue weighted by atomic mass is 9.96. The molecule has 2 aromatic rings. The number of carbonyl (C=O) groups is 5. The molecule has 1 heterocycles. The summed E-state index contributed by atoms with van der Waals surface area (Å²) in [5.41, 5.74) is 32.1. The maximum atomic E-state index is 13.5. The molecule has 16 N–H and O–H groups in total. The molecule has 16 nitrogen and oxygen atoms in total. The van der Waals surface area contributed by atoms with E-state index in [9.17, 15) is 29.1 Å². The number of phenols is 1. The van der Waals surface area contributed by atoms with E-state index in [2.05, 4.69) is 26.6 Å². The topological polar surface area (TPSA) is 296 Å². The number of amides is 5. The van der Waals surface area contributed by atoms with Gasteiger partial charge in [0.15, 0.2) is 0 Å². The molecular weight excluding hydrogens is 668 g/mol. The average Bonchev–Trinajstić information content (AvgIpc) is 3.13. The van der Waals surface area contributed by atoms with Crippen LogP contribution in [0.25, 0.3) is 11.1 Å². The van der Waals surface area contributed by atoms with Gasteiger partial charge in [-0.25, -0.2) is 0 Å². The SMILES string of the molecule is NCCC[C@H](N)CNC(=O)[C@@H](N)CCCNC(=O)CCNC(=O)[C@@H]1Cc2cccc(c2)-c2ccc(O)c(c2)C[C@H](N)C(=O)N[C@@H](CCCN)C(=O)N1. The Bertz CT molecular complexity index is 1510. The molecule has 286 valence electrons. The number of hydrogen-bond donors (Lipinski definition) is 11. The first-order chi connectivity index (χ1) is 24.9. The van der Waals surface area contributed by atoms with Crippen LogP contribution < -0.4 is 55.3 Å². The third kappa shape index (κ3) is 13.8. The van der Waals surface area contributed by atoms with E-state index in [4.69, 9.17) is 28.7 Å². The van der Waals surface area contributed by atoms with Crippen LogP contribution >= 0.6 is 0 Å². The van der Waals surface area contributed by atoms with Crippen LogP contribution in [-0.4, -0.2) is 97.6 Å². The molecule has 0 spiro atoms. The van der Waals surface area contributed by atoms with Crippen molar-refractivity contribution in [3.63, 3.8) is 0 Å². The lowest BCUT2D eigenvalue weighted by molar-refractivity contribution is -0.132. The van der Waals surface area contributed by atoms with Crippen LogP contribution in [0.5, 0.6) is 5.75 Å². The van der Waals surface area contributed by atoms with Gasteiger partial charge in [0.05, 0.1) is 12.1 Å². The van der Waals surface area contributed by atoms with Gasteiger partial charge in [-0.1, -0.05) is 30.3 Å². The van der Waals surface area contributed by atoms with Gasteiger partial charge >= 0.3 is 0 Å². The predicted octanol–water partition coefficient (Wildman–Crippen LogP) is -1.89. The third-order valence-electron chi connectivity index (χ3n) is 8.84. The Morgan fingerprint density at radius 2 is 1.60 bits per heavy atom. The van der Waals surface area contributed by atoms with Crippen LogP contribution in [0.4, 0.5) is 0 Å². The second kappa shape index (κ2) is 21.7. The van der Waals surface area contributed by atoms with Crippen LogP contribution in [0.15, 0.2) is 42.5 Å². The van der Waals surface area contributed by atoms with Gasteiger partial charge in [0.2, 0.25) is 29.5 Å². The Morgan fingerprint density at radius 1 is 0.846 bits per heavy atom. The van der Waals surface area contributed by atoms with E-state index in [1.54, 1.807) is 18.2 Å². The fourth-order valence-corrected chi connectivity index (χ4v) is 5.76. The van der Waals surface area contributed by atoms with E-state index >= 15 is 0 Å². The molecule has 0 saturated carbocycles. The molecule has 0 saturated heterocycles. The van der Waals surface area contributed by atoms with Crippen LogP contribution in [-0.2, 0) is 36.8 Å². The summed E-state index contributed by atoms with van der Waals surface area (Å²) in [6, 6.07) is 8.43. The molecule has 5 amide bonds. The number of benzene rings is 2. The van der Waals surface area contributed by atoms with Crippen LogP contribution in [0, 0.1) is 0 Å². The van der Waals surface area contributed by atoms with Crippen molar-refractivity contribution in [1.29, 1.82) is 0 Å². The zero-order chi connectivity index (χ0) is 38.0. The first-order valence-corrected chi connectivity index (χ1v) is 17.9. The Hall–Kier alpha value is -4.61. The average molecular weight is 725 g/mol. The molecule has 0 fully saturated rings. The zero-order valence-corrected chi connectivity index (χ0v) is 29.7. The maximum absolute atomic E-state index is 13.5. The highest BCUT2D eigenvalue weighted by Gasteiger charge is 2.29. The summed E-state index contributed by atoms with van der Waals surface area (Å²) in [4.78, 5) is 64.9. The number of carbonyl (C=O) groups excluding carboxylic acids is 5. The minimum absolute atomic E-state index is 0.00187. The van der Waals surface area contributed by atoms with Gasteiger partial charge in [-0.05, 0) is 86.0 Å². The molecule has 0 radical (unpaired) electrons. The lowest BCUT2D eigenvalue weighted by Crippen LogP contribution is -2.56. The summed E-state index contributed by atoms with van der Waals surface area (Å²) in [5.74, 6) is -2.30. The molecule has 1 aliphatic heterocycles. The molecule has 0 aromatic heterocycles. The highest BCUT2D eigenvalue weighted by atomic mass is 16.3. The van der Waals surface area contributed by atoms with Crippen molar-refractivity contribution in [3.05, 3.63) is 53.6 Å². The van der Waals surface area contributed by atoms with Gasteiger partial charge in [-0.3, -0.25) is 24.0 Å². The number of fused-ring (bicyclic) bond motifs is 5. The number of nitrogens with two attached hydrogens (primary N) is 5. The molecule has 2 aromatic carbocycles. The molecular formula is C36H56N10O6. The van der Waals surface area contributed by atoms with Gasteiger partial charge < -0.3 is 60.4 Å². The second-order valence-corrected chi connectivity index (χ2v) is 13.2. The fourth-order valence-electron chi connectivity index (χ4n) is 5.76. The normalized spacial score (nSPS) is 18.8. The van der Waals surface area contributed by atoms with Crippen molar-refractivity contribution in [2.75, 3.05) is 32.7 Å². The molecule has 16 heteroatoms. The van der Waals surface area contributed by atoms with Crippen molar-refractivity contribution >= 4 is 29.5 Å². The molecule has 0 aliphatic carbocycles. The number of phenolic OH excluding ortho intramolecular Hbond substituents is 1. The largest absolute Gasteiger partial charge is 0.508 e. The summed E-state index contributed by atoms with van der Waals surface area (Å²) >= 11 is 0. The summed E-state index contributed by atoms with van der Waals surface area (Å²) in [5, 5.41) is 24.2. The summed E-state index contributed by atoms with van der Waals surface area (Å²) in [6.45, 7) is 1.42. The Kier molecular flexibility index (Phi) is 17.4. The van der Waals surface area contributed by atoms with E-state index in [-0.39, 0.29) is 62.4 Å². The second-order valence-electron chi connectivity index (χ2n) is 13.2. The van der Waals surface area contributed by atoms with Crippen molar-refractivity contribution in [1.82, 2.24) is 26.6 Å². The summed E-state index contributed by atoms with van der Waals surface area (Å²) < 4.78 is 0. The van der Waals surface area contributed by atoms with Gasteiger partial charge in [-0.2, -0.15) is 0 Å². The van der Waals surface area contributed by atoms with Crippen LogP contribution in [0.3, 0.4) is 0 Å². The fraction of sp³-hybridized carbons (Fsp3) is 0.528. The van der Waals surface area contributed by atoms with Crippen molar-refractivity contribution in [2.45, 2.75) is 88.0 Å². The van der Waals surface area contributed by atoms with Gasteiger partial charge in [-0.15, -0.1) is 0 Å². The minimum Gasteiger partial charge on any atom is -0.508 e. The monoisotopic (exact) mass is 724 g/mol. The Labute approximate surface area is 304 Å². The van der Waals surface area contributed by atoms with Gasteiger partial charge in [0.25, 0.3) is 0 Å². The van der Waals surface area contributed by atoms with E-state index in [1.807, 2.05) is 24.3 Å². The van der Waals surface area contributed by atoms with Crippen LogP contribution in [0.1, 0.15) is 56.1 Å². The summed E-state index contributed by atoms with van der Waals surface area (Å²) in [7, 11) is 0. The van der Waals surface area contributed by atoms with Crippen molar-refractivity contribution < 1.29 is 29.1 Å². The quantitative estimate of drug-likeness (QED) is 0.0802. The molecule has 3 rings (SSSR count). The highest BCUT2D eigenvalue weighted by Crippen LogP contribution is 2.28. The zero-order valence-electron chi connectivity index (χ0n) is 29.7. The predicted molar refractivity (Wildman–Crippen MR) is 198 cm³/mol. The first-order valence-electron chi connectivity index (χ1n) is 17.9. The summed E-state index contributed by atoms with van der Waals surface area (Å²) in [6.07, 6.45) is 3.07. The van der Waals surface area contributed by atoms with E-state index < -0.39 is 41.9 Å². The molecule has 4 bridgehead atoms. The van der Waals surface area contributed by atoms with Crippen molar-refractivity contribution in [2.24, 2.45) is 28.7 Å². The van der Waals surface area contributed by atoms with Crippen molar-refractivity contribution in [3.8, 4) is 16.9 Å². The molecule has 52 heavy (non-hydrogen) atoms. The van der Waals surface area contributed by atoms with E-state index in [0.29, 0.717) is 50.9 Å². The Balaban J connectivity index is 1.61. The van der Waals surface area contributed by atoms with E-state index in [1.165, 1.54) is 0 Å². The molecule has 5 atom stereocenters.